The average molecular weight is 244 g/mol. The second-order valence-electron chi connectivity index (χ2n) is 6.66. The van der Waals surface area contributed by atoms with Crippen molar-refractivity contribution in [3.05, 3.63) is 17.7 Å². The fourth-order valence-electron chi connectivity index (χ4n) is 5.11. The zero-order valence-electron chi connectivity index (χ0n) is 10.7. The molecule has 0 amide bonds. The van der Waals surface area contributed by atoms with Crippen molar-refractivity contribution in [1.29, 1.82) is 0 Å². The second-order valence-corrected chi connectivity index (χ2v) is 6.66. The molecular formula is C14H20N4. The third kappa shape index (κ3) is 1.51. The van der Waals surface area contributed by atoms with Gasteiger partial charge in [-0.05, 0) is 56.3 Å². The molecule has 4 bridgehead atoms. The van der Waals surface area contributed by atoms with Gasteiger partial charge in [0.25, 0.3) is 0 Å². The molecule has 4 heteroatoms. The zero-order chi connectivity index (χ0) is 12.2. The summed E-state index contributed by atoms with van der Waals surface area (Å²) in [5, 5.41) is 8.12. The first kappa shape index (κ1) is 10.9. The normalized spacial score (nSPS) is 41.3. The summed E-state index contributed by atoms with van der Waals surface area (Å²) in [5.74, 6) is 3.51. The lowest BCUT2D eigenvalue weighted by molar-refractivity contribution is -0.00758. The Balaban J connectivity index is 1.74. The number of hydrogen-bond donors (Lipinski definition) is 1. The van der Waals surface area contributed by atoms with Gasteiger partial charge in [-0.1, -0.05) is 0 Å². The molecule has 18 heavy (non-hydrogen) atoms. The maximum atomic E-state index is 5.65. The van der Waals surface area contributed by atoms with E-state index < -0.39 is 0 Å². The molecule has 0 unspecified atom stereocenters. The van der Waals surface area contributed by atoms with Gasteiger partial charge in [0.15, 0.2) is 5.82 Å². The molecule has 2 N–H and O–H groups in total. The van der Waals surface area contributed by atoms with Crippen molar-refractivity contribution < 1.29 is 0 Å². The Morgan fingerprint density at radius 1 is 1.11 bits per heavy atom. The molecule has 4 saturated carbocycles. The van der Waals surface area contributed by atoms with Crippen LogP contribution in [0.5, 0.6) is 0 Å². The molecule has 0 atom stereocenters. The number of nitrogens with zero attached hydrogens (tertiary/aromatic N) is 3. The van der Waals surface area contributed by atoms with Crippen molar-refractivity contribution in [2.24, 2.45) is 23.5 Å². The lowest BCUT2D eigenvalue weighted by Crippen LogP contribution is -2.49. The zero-order valence-corrected chi connectivity index (χ0v) is 10.7. The van der Waals surface area contributed by atoms with Crippen molar-refractivity contribution in [2.75, 3.05) is 0 Å². The van der Waals surface area contributed by atoms with E-state index in [0.717, 1.165) is 17.8 Å². The van der Waals surface area contributed by atoms with Crippen LogP contribution >= 0.6 is 0 Å². The van der Waals surface area contributed by atoms with Crippen molar-refractivity contribution in [3.63, 3.8) is 0 Å². The maximum Gasteiger partial charge on any atom is 0.164 e. The Morgan fingerprint density at radius 2 is 1.72 bits per heavy atom. The maximum absolute atomic E-state index is 5.65. The predicted molar refractivity (Wildman–Crippen MR) is 67.6 cm³/mol. The van der Waals surface area contributed by atoms with Gasteiger partial charge in [0.2, 0.25) is 0 Å². The summed E-state index contributed by atoms with van der Waals surface area (Å²) >= 11 is 0. The van der Waals surface area contributed by atoms with Gasteiger partial charge in [0.05, 0.1) is 18.4 Å². The first-order valence-corrected chi connectivity index (χ1v) is 7.16. The van der Waals surface area contributed by atoms with E-state index in [1.165, 1.54) is 44.2 Å². The first-order chi connectivity index (χ1) is 8.77. The van der Waals surface area contributed by atoms with Crippen molar-refractivity contribution >= 4 is 0 Å². The summed E-state index contributed by atoms with van der Waals surface area (Å²) in [5.41, 5.74) is 7.14. The average Bonchev–Trinajstić information content (AvgIpc) is 2.37. The molecule has 0 radical (unpaired) electrons. The van der Waals surface area contributed by atoms with Crippen LogP contribution in [0, 0.1) is 17.8 Å². The molecule has 0 spiro atoms. The van der Waals surface area contributed by atoms with E-state index in [1.807, 2.05) is 6.20 Å². The Kier molecular flexibility index (Phi) is 2.25. The molecule has 4 nitrogen and oxygen atoms in total. The van der Waals surface area contributed by atoms with E-state index in [1.54, 1.807) is 0 Å². The molecule has 1 heterocycles. The fraction of sp³-hybridized carbons (Fsp3) is 0.786. The quantitative estimate of drug-likeness (QED) is 0.861. The van der Waals surface area contributed by atoms with Crippen LogP contribution < -0.4 is 5.73 Å². The highest BCUT2D eigenvalue weighted by Crippen LogP contribution is 2.60. The van der Waals surface area contributed by atoms with E-state index >= 15 is 0 Å². The summed E-state index contributed by atoms with van der Waals surface area (Å²) in [6.07, 6.45) is 10.2. The summed E-state index contributed by atoms with van der Waals surface area (Å²) in [6, 6.07) is 0. The smallest absolute Gasteiger partial charge is 0.164 e. The predicted octanol–water partition coefficient (Wildman–Crippen LogP) is 1.80. The number of nitrogens with two attached hydrogens (primary N) is 1. The van der Waals surface area contributed by atoms with Crippen molar-refractivity contribution in [1.82, 2.24) is 15.2 Å². The second kappa shape index (κ2) is 3.73. The fourth-order valence-corrected chi connectivity index (χ4v) is 5.11. The highest BCUT2D eigenvalue weighted by atomic mass is 15.2. The van der Waals surface area contributed by atoms with Gasteiger partial charge in [0.1, 0.15) is 0 Å². The lowest BCUT2D eigenvalue weighted by Gasteiger charge is -2.56. The molecule has 5 rings (SSSR count). The molecule has 0 aliphatic heterocycles. The van der Waals surface area contributed by atoms with Gasteiger partial charge in [-0.3, -0.25) is 0 Å². The van der Waals surface area contributed by atoms with Crippen LogP contribution in [0.3, 0.4) is 0 Å². The van der Waals surface area contributed by atoms with E-state index in [0.29, 0.717) is 17.8 Å². The Labute approximate surface area is 107 Å². The molecule has 4 aliphatic rings. The van der Waals surface area contributed by atoms with Crippen LogP contribution in [0.15, 0.2) is 6.20 Å². The van der Waals surface area contributed by atoms with Gasteiger partial charge in [-0.25, -0.2) is 4.98 Å². The van der Waals surface area contributed by atoms with E-state index in [-0.39, 0.29) is 0 Å². The van der Waals surface area contributed by atoms with Crippen LogP contribution in [-0.2, 0) is 12.0 Å². The molecule has 0 aromatic carbocycles. The Bertz CT molecular complexity index is 435. The van der Waals surface area contributed by atoms with Crippen LogP contribution in [0.1, 0.15) is 50.0 Å². The van der Waals surface area contributed by atoms with Gasteiger partial charge in [0, 0.05) is 5.41 Å². The van der Waals surface area contributed by atoms with Gasteiger partial charge in [-0.15, -0.1) is 5.10 Å². The topological polar surface area (TPSA) is 64.7 Å². The number of hydrogen-bond acceptors (Lipinski definition) is 4. The standard InChI is InChI=1S/C14H20N4/c15-7-13-17-12(8-16-18-13)14-4-9-1-10(5-14)3-11(2-9)6-14/h8-11H,1-7,15H2. The molecule has 4 aliphatic carbocycles. The molecule has 1 aromatic rings. The molecule has 4 fully saturated rings. The molecule has 0 saturated heterocycles. The van der Waals surface area contributed by atoms with Crippen molar-refractivity contribution in [3.8, 4) is 0 Å². The summed E-state index contributed by atoms with van der Waals surface area (Å²) in [6.45, 7) is 0.396. The minimum atomic E-state index is 0.314. The first-order valence-electron chi connectivity index (χ1n) is 7.16. The number of rotatable bonds is 2. The highest BCUT2D eigenvalue weighted by molar-refractivity contribution is 5.20. The summed E-state index contributed by atoms with van der Waals surface area (Å²) in [7, 11) is 0. The number of aromatic nitrogens is 3. The highest BCUT2D eigenvalue weighted by Gasteiger charge is 2.52. The van der Waals surface area contributed by atoms with Gasteiger partial charge in [-0.2, -0.15) is 5.10 Å². The Hall–Kier alpha value is -1.03. The van der Waals surface area contributed by atoms with E-state index in [2.05, 4.69) is 15.2 Å². The van der Waals surface area contributed by atoms with Crippen LogP contribution in [0.2, 0.25) is 0 Å². The third-order valence-corrected chi connectivity index (χ3v) is 5.37. The van der Waals surface area contributed by atoms with Crippen molar-refractivity contribution in [2.45, 2.75) is 50.5 Å². The van der Waals surface area contributed by atoms with E-state index in [4.69, 9.17) is 5.73 Å². The minimum Gasteiger partial charge on any atom is -0.324 e. The van der Waals surface area contributed by atoms with Crippen LogP contribution in [0.4, 0.5) is 0 Å². The SMILES string of the molecule is NCc1nncc(C23CC4CC(CC(C4)C2)C3)n1. The minimum absolute atomic E-state index is 0.314. The lowest BCUT2D eigenvalue weighted by atomic mass is 9.49. The van der Waals surface area contributed by atoms with Gasteiger partial charge >= 0.3 is 0 Å². The molecule has 1 aromatic heterocycles. The largest absolute Gasteiger partial charge is 0.324 e. The monoisotopic (exact) mass is 244 g/mol. The van der Waals surface area contributed by atoms with Crippen LogP contribution in [-0.4, -0.2) is 15.2 Å². The molecule has 96 valence electrons. The Morgan fingerprint density at radius 3 is 2.28 bits per heavy atom. The third-order valence-electron chi connectivity index (χ3n) is 5.37. The summed E-state index contributed by atoms with van der Waals surface area (Å²) < 4.78 is 0. The summed E-state index contributed by atoms with van der Waals surface area (Å²) in [4.78, 5) is 4.68. The molecular weight excluding hydrogens is 224 g/mol. The van der Waals surface area contributed by atoms with E-state index in [9.17, 15) is 0 Å². The van der Waals surface area contributed by atoms with Gasteiger partial charge < -0.3 is 5.73 Å². The van der Waals surface area contributed by atoms with Crippen LogP contribution in [0.25, 0.3) is 0 Å².